The van der Waals surface area contributed by atoms with Gasteiger partial charge in [-0.05, 0) is 54.8 Å². The van der Waals surface area contributed by atoms with E-state index in [0.29, 0.717) is 6.54 Å². The van der Waals surface area contributed by atoms with Gasteiger partial charge in [0, 0.05) is 40.9 Å². The summed E-state index contributed by atoms with van der Waals surface area (Å²) in [4.78, 5) is 13.6. The second-order valence-corrected chi connectivity index (χ2v) is 6.39. The van der Waals surface area contributed by atoms with E-state index < -0.39 is 0 Å². The molecule has 0 spiro atoms. The zero-order valence-electron chi connectivity index (χ0n) is 14.3. The smallest absolute Gasteiger partial charge is 0.152 e. The van der Waals surface area contributed by atoms with Gasteiger partial charge in [-0.3, -0.25) is 9.98 Å². The van der Waals surface area contributed by atoms with Crippen LogP contribution in [0.15, 0.2) is 72.1 Å². The second-order valence-electron chi connectivity index (χ2n) is 6.39. The Bertz CT molecular complexity index is 1160. The Morgan fingerprint density at radius 2 is 1.96 bits per heavy atom. The lowest BCUT2D eigenvalue weighted by Crippen LogP contribution is -2.13. The molecule has 0 aliphatic carbocycles. The number of nitrogens with zero attached hydrogens (tertiary/aromatic N) is 4. The molecule has 5 nitrogen and oxygen atoms in total. The molecule has 26 heavy (non-hydrogen) atoms. The van der Waals surface area contributed by atoms with Gasteiger partial charge >= 0.3 is 0 Å². The van der Waals surface area contributed by atoms with Gasteiger partial charge in [-0.2, -0.15) is 0 Å². The van der Waals surface area contributed by atoms with Gasteiger partial charge < -0.3 is 9.88 Å². The van der Waals surface area contributed by atoms with E-state index in [4.69, 9.17) is 0 Å². The zero-order valence-corrected chi connectivity index (χ0v) is 14.3. The van der Waals surface area contributed by atoms with Gasteiger partial charge in [0.05, 0.1) is 6.54 Å². The van der Waals surface area contributed by atoms with Crippen molar-refractivity contribution < 1.29 is 0 Å². The predicted molar refractivity (Wildman–Crippen MR) is 104 cm³/mol. The summed E-state index contributed by atoms with van der Waals surface area (Å²) in [5, 5.41) is 5.66. The maximum atomic E-state index is 4.58. The molecule has 0 bridgehead atoms. The highest BCUT2D eigenvalue weighted by atomic mass is 15.1. The average Bonchev–Trinajstić information content (AvgIpc) is 3.28. The third-order valence-electron chi connectivity index (χ3n) is 4.71. The highest BCUT2D eigenvalue weighted by Crippen LogP contribution is 2.26. The van der Waals surface area contributed by atoms with Crippen LogP contribution in [0.2, 0.25) is 0 Å². The molecule has 3 aromatic heterocycles. The molecule has 1 aliphatic heterocycles. The van der Waals surface area contributed by atoms with Crippen molar-refractivity contribution in [1.29, 1.82) is 0 Å². The first kappa shape index (κ1) is 14.8. The lowest BCUT2D eigenvalue weighted by atomic mass is 10.1. The molecular formula is C21H17N5. The molecule has 5 heteroatoms. The first-order valence-electron chi connectivity index (χ1n) is 8.58. The minimum absolute atomic E-state index is 0.681. The molecule has 4 heterocycles. The molecule has 4 aromatic rings. The summed E-state index contributed by atoms with van der Waals surface area (Å²) in [6.45, 7) is 2.76. The lowest BCUT2D eigenvalue weighted by molar-refractivity contribution is 0.975. The molecule has 1 N–H and O–H groups in total. The van der Waals surface area contributed by atoms with Gasteiger partial charge in [0.1, 0.15) is 11.5 Å². The van der Waals surface area contributed by atoms with Crippen LogP contribution in [0.1, 0.15) is 17.0 Å². The number of hydrogen-bond donors (Lipinski definition) is 1. The first-order valence-corrected chi connectivity index (χ1v) is 8.58. The van der Waals surface area contributed by atoms with E-state index in [0.717, 1.165) is 45.1 Å². The Morgan fingerprint density at radius 1 is 1.00 bits per heavy atom. The lowest BCUT2D eigenvalue weighted by Gasteiger charge is -2.11. The Balaban J connectivity index is 1.53. The van der Waals surface area contributed by atoms with Crippen LogP contribution in [0, 0.1) is 6.92 Å². The van der Waals surface area contributed by atoms with Crippen LogP contribution in [-0.2, 0) is 6.54 Å². The molecule has 1 aliphatic rings. The van der Waals surface area contributed by atoms with E-state index in [2.05, 4.69) is 62.1 Å². The minimum Gasteiger partial charge on any atom is -0.339 e. The number of rotatable bonds is 2. The summed E-state index contributed by atoms with van der Waals surface area (Å²) in [7, 11) is 0. The molecule has 0 saturated heterocycles. The van der Waals surface area contributed by atoms with E-state index in [1.54, 1.807) is 6.20 Å². The second kappa shape index (κ2) is 5.81. The number of aromatic nitrogens is 3. The van der Waals surface area contributed by atoms with Gasteiger partial charge in [0.2, 0.25) is 0 Å². The highest BCUT2D eigenvalue weighted by molar-refractivity contribution is 6.10. The molecule has 0 fully saturated rings. The van der Waals surface area contributed by atoms with Crippen molar-refractivity contribution in [3.63, 3.8) is 0 Å². The highest BCUT2D eigenvalue weighted by Gasteiger charge is 2.17. The number of amidine groups is 1. The van der Waals surface area contributed by atoms with Crippen molar-refractivity contribution in [3.8, 4) is 5.82 Å². The average molecular weight is 339 g/mol. The monoisotopic (exact) mass is 339 g/mol. The minimum atomic E-state index is 0.681. The van der Waals surface area contributed by atoms with Crippen LogP contribution < -0.4 is 5.32 Å². The number of benzene rings is 1. The Morgan fingerprint density at radius 3 is 2.85 bits per heavy atom. The standard InChI is InChI=1S/C21H17N5/c1-14-4-3-11-26(14)21-18-7-6-17(12-15(18)8-10-23-21)25-20-19-16(13-24-20)5-2-9-22-19/h2-12H,13H2,1H3,(H,24,25). The number of pyridine rings is 2. The van der Waals surface area contributed by atoms with Crippen molar-refractivity contribution in [3.05, 3.63) is 84.1 Å². The predicted octanol–water partition coefficient (Wildman–Crippen LogP) is 4.10. The Hall–Kier alpha value is -3.47. The summed E-state index contributed by atoms with van der Waals surface area (Å²) in [5.74, 6) is 1.78. The molecule has 0 saturated carbocycles. The number of hydrogen-bond acceptors (Lipinski definition) is 4. The van der Waals surface area contributed by atoms with Crippen LogP contribution >= 0.6 is 0 Å². The van der Waals surface area contributed by atoms with Crippen molar-refractivity contribution in [2.45, 2.75) is 13.5 Å². The van der Waals surface area contributed by atoms with Crippen molar-refractivity contribution in [1.82, 2.24) is 14.5 Å². The van der Waals surface area contributed by atoms with E-state index in [-0.39, 0.29) is 0 Å². The normalized spacial score (nSPS) is 12.9. The SMILES string of the molecule is Cc1cccn1-c1nccc2cc(NC3=NCc4cccnc43)ccc12. The van der Waals surface area contributed by atoms with Crippen molar-refractivity contribution in [2.75, 3.05) is 5.32 Å². The van der Waals surface area contributed by atoms with Crippen LogP contribution in [0.4, 0.5) is 5.69 Å². The first-order chi connectivity index (χ1) is 12.8. The van der Waals surface area contributed by atoms with Crippen molar-refractivity contribution in [2.24, 2.45) is 4.99 Å². The van der Waals surface area contributed by atoms with E-state index >= 15 is 0 Å². The summed E-state index contributed by atoms with van der Waals surface area (Å²) in [6.07, 6.45) is 5.70. The molecule has 5 rings (SSSR count). The quantitative estimate of drug-likeness (QED) is 0.598. The number of aliphatic imine (C=N–C) groups is 1. The molecule has 0 radical (unpaired) electrons. The Kier molecular flexibility index (Phi) is 3.31. The molecule has 0 amide bonds. The van der Waals surface area contributed by atoms with Crippen LogP contribution in [-0.4, -0.2) is 20.4 Å². The van der Waals surface area contributed by atoms with Crippen molar-refractivity contribution >= 4 is 22.3 Å². The fourth-order valence-corrected chi connectivity index (χ4v) is 3.39. The van der Waals surface area contributed by atoms with Crippen LogP contribution in [0.3, 0.4) is 0 Å². The van der Waals surface area contributed by atoms with Crippen LogP contribution in [0.5, 0.6) is 0 Å². The number of nitrogens with one attached hydrogen (secondary N) is 1. The molecule has 0 unspecified atom stereocenters. The summed E-state index contributed by atoms with van der Waals surface area (Å²) < 4.78 is 2.11. The maximum absolute atomic E-state index is 4.58. The summed E-state index contributed by atoms with van der Waals surface area (Å²) in [6, 6.07) is 16.5. The fraction of sp³-hybridized carbons (Fsp3) is 0.0952. The largest absolute Gasteiger partial charge is 0.339 e. The topological polar surface area (TPSA) is 55.1 Å². The third kappa shape index (κ3) is 2.37. The molecule has 126 valence electrons. The van der Waals surface area contributed by atoms with Gasteiger partial charge in [0.15, 0.2) is 5.84 Å². The number of anilines is 1. The zero-order chi connectivity index (χ0) is 17.5. The fourth-order valence-electron chi connectivity index (χ4n) is 3.39. The van der Waals surface area contributed by atoms with Crippen LogP contribution in [0.25, 0.3) is 16.6 Å². The van der Waals surface area contributed by atoms with Gasteiger partial charge in [-0.1, -0.05) is 6.07 Å². The van der Waals surface area contributed by atoms with Gasteiger partial charge in [-0.25, -0.2) is 4.98 Å². The molecular weight excluding hydrogens is 322 g/mol. The maximum Gasteiger partial charge on any atom is 0.152 e. The summed E-state index contributed by atoms with van der Waals surface area (Å²) >= 11 is 0. The molecule has 0 atom stereocenters. The number of fused-ring (bicyclic) bond motifs is 2. The summed E-state index contributed by atoms with van der Waals surface area (Å²) in [5.41, 5.74) is 4.25. The van der Waals surface area contributed by atoms with E-state index in [9.17, 15) is 0 Å². The van der Waals surface area contributed by atoms with Gasteiger partial charge in [-0.15, -0.1) is 0 Å². The molecule has 1 aromatic carbocycles. The van der Waals surface area contributed by atoms with E-state index in [1.807, 2.05) is 30.6 Å². The Labute approximate surface area is 151 Å². The number of aryl methyl sites for hydroxylation is 1. The third-order valence-corrected chi connectivity index (χ3v) is 4.71. The van der Waals surface area contributed by atoms with Gasteiger partial charge in [0.25, 0.3) is 0 Å². The van der Waals surface area contributed by atoms with E-state index in [1.165, 1.54) is 0 Å².